The van der Waals surface area contributed by atoms with Gasteiger partial charge >= 0.3 is 10.2 Å². The maximum absolute atomic E-state index is 11.3. The zero-order valence-electron chi connectivity index (χ0n) is 8.02. The molecule has 1 atom stereocenters. The second-order valence-corrected chi connectivity index (χ2v) is 4.59. The minimum absolute atomic E-state index is 0.116. The highest BCUT2D eigenvalue weighted by atomic mass is 32.2. The van der Waals surface area contributed by atoms with E-state index >= 15 is 0 Å². The van der Waals surface area contributed by atoms with Gasteiger partial charge in [0, 0.05) is 12.7 Å². The van der Waals surface area contributed by atoms with Crippen LogP contribution in [0.15, 0.2) is 35.3 Å². The van der Waals surface area contributed by atoms with Gasteiger partial charge in [0.25, 0.3) is 0 Å². The number of hydrogen-bond acceptors (Lipinski definition) is 4. The molecule has 1 unspecified atom stereocenters. The molecule has 82 valence electrons. The van der Waals surface area contributed by atoms with Crippen molar-refractivity contribution in [2.45, 2.75) is 6.10 Å². The molecule has 0 radical (unpaired) electrons. The van der Waals surface area contributed by atoms with E-state index in [1.807, 2.05) is 0 Å². The number of nitrogens with two attached hydrogens (primary N) is 1. The van der Waals surface area contributed by atoms with Crippen molar-refractivity contribution >= 4 is 10.2 Å². The molecule has 1 aliphatic carbocycles. The molecular formula is C8H11N3O3S. The lowest BCUT2D eigenvalue weighted by molar-refractivity contribution is 0.176. The molecule has 0 spiro atoms. The SMILES string of the molecule is COC1C=CC2=C(N)NS(=O)(=O)NC2=C1. The van der Waals surface area contributed by atoms with E-state index in [1.165, 1.54) is 0 Å². The molecule has 0 aromatic carbocycles. The Morgan fingerprint density at radius 1 is 1.47 bits per heavy atom. The van der Waals surface area contributed by atoms with Crippen LogP contribution < -0.4 is 15.2 Å². The smallest absolute Gasteiger partial charge is 0.322 e. The predicted molar refractivity (Wildman–Crippen MR) is 54.4 cm³/mol. The van der Waals surface area contributed by atoms with E-state index in [0.717, 1.165) is 0 Å². The summed E-state index contributed by atoms with van der Waals surface area (Å²) in [6.07, 6.45) is 4.92. The van der Waals surface area contributed by atoms with E-state index in [-0.39, 0.29) is 11.9 Å². The van der Waals surface area contributed by atoms with Crippen LogP contribution in [0.3, 0.4) is 0 Å². The minimum atomic E-state index is -3.57. The second-order valence-electron chi connectivity index (χ2n) is 3.17. The number of fused-ring (bicyclic) bond motifs is 1. The average Bonchev–Trinajstić information content (AvgIpc) is 2.14. The molecule has 1 heterocycles. The van der Waals surface area contributed by atoms with Gasteiger partial charge in [-0.2, -0.15) is 8.42 Å². The Bertz CT molecular complexity index is 475. The molecule has 0 aromatic rings. The first-order valence-electron chi connectivity index (χ1n) is 4.25. The molecule has 0 amide bonds. The van der Waals surface area contributed by atoms with Crippen molar-refractivity contribution in [3.8, 4) is 0 Å². The van der Waals surface area contributed by atoms with Crippen LogP contribution in [0.4, 0.5) is 0 Å². The molecule has 6 nitrogen and oxygen atoms in total. The van der Waals surface area contributed by atoms with Gasteiger partial charge in [-0.3, -0.25) is 9.44 Å². The monoisotopic (exact) mass is 229 g/mol. The van der Waals surface area contributed by atoms with Crippen LogP contribution in [0.5, 0.6) is 0 Å². The van der Waals surface area contributed by atoms with Gasteiger partial charge < -0.3 is 10.5 Å². The first-order valence-corrected chi connectivity index (χ1v) is 5.73. The Kier molecular flexibility index (Phi) is 2.20. The first kappa shape index (κ1) is 10.1. The molecule has 2 aliphatic rings. The number of ether oxygens (including phenoxy) is 1. The van der Waals surface area contributed by atoms with E-state index in [2.05, 4.69) is 9.44 Å². The Hall–Kier alpha value is -1.47. The van der Waals surface area contributed by atoms with E-state index in [9.17, 15) is 8.42 Å². The van der Waals surface area contributed by atoms with Gasteiger partial charge in [-0.25, -0.2) is 0 Å². The van der Waals surface area contributed by atoms with Crippen LogP contribution in [0, 0.1) is 0 Å². The van der Waals surface area contributed by atoms with Crippen LogP contribution in [-0.4, -0.2) is 21.6 Å². The molecule has 7 heteroatoms. The summed E-state index contributed by atoms with van der Waals surface area (Å²) in [6, 6.07) is 0. The van der Waals surface area contributed by atoms with Crippen molar-refractivity contribution in [2.24, 2.45) is 5.73 Å². The van der Waals surface area contributed by atoms with Gasteiger partial charge in [0.2, 0.25) is 0 Å². The van der Waals surface area contributed by atoms with Crippen LogP contribution in [-0.2, 0) is 14.9 Å². The maximum Gasteiger partial charge on any atom is 0.322 e. The summed E-state index contributed by atoms with van der Waals surface area (Å²) in [5, 5.41) is 0. The van der Waals surface area contributed by atoms with Crippen molar-refractivity contribution in [3.63, 3.8) is 0 Å². The van der Waals surface area contributed by atoms with Crippen molar-refractivity contribution in [2.75, 3.05) is 7.11 Å². The summed E-state index contributed by atoms with van der Waals surface area (Å²) in [5.74, 6) is 0.116. The lowest BCUT2D eigenvalue weighted by Crippen LogP contribution is -2.44. The molecule has 0 bridgehead atoms. The van der Waals surface area contributed by atoms with Crippen molar-refractivity contribution in [1.29, 1.82) is 0 Å². The zero-order chi connectivity index (χ0) is 11.1. The predicted octanol–water partition coefficient (Wildman–Crippen LogP) is -0.937. The van der Waals surface area contributed by atoms with E-state index in [1.54, 1.807) is 25.3 Å². The highest BCUT2D eigenvalue weighted by Crippen LogP contribution is 2.21. The largest absolute Gasteiger partial charge is 0.384 e. The van der Waals surface area contributed by atoms with E-state index in [0.29, 0.717) is 11.3 Å². The highest BCUT2D eigenvalue weighted by Gasteiger charge is 2.25. The average molecular weight is 229 g/mol. The fourth-order valence-corrected chi connectivity index (χ4v) is 2.35. The summed E-state index contributed by atoms with van der Waals surface area (Å²) >= 11 is 0. The molecule has 0 saturated heterocycles. The molecule has 2 rings (SSSR count). The Labute approximate surface area is 87.7 Å². The summed E-state index contributed by atoms with van der Waals surface area (Å²) in [5.41, 5.74) is 6.64. The molecule has 0 saturated carbocycles. The van der Waals surface area contributed by atoms with Gasteiger partial charge in [-0.15, -0.1) is 0 Å². The maximum atomic E-state index is 11.3. The number of allylic oxidation sites excluding steroid dienone is 1. The lowest BCUT2D eigenvalue weighted by Gasteiger charge is -2.25. The van der Waals surface area contributed by atoms with Gasteiger partial charge in [-0.05, 0) is 6.08 Å². The molecule has 0 aromatic heterocycles. The number of nitrogens with one attached hydrogen (secondary N) is 2. The Morgan fingerprint density at radius 3 is 2.87 bits per heavy atom. The van der Waals surface area contributed by atoms with Crippen LogP contribution in [0.2, 0.25) is 0 Å². The van der Waals surface area contributed by atoms with Crippen LogP contribution in [0.1, 0.15) is 0 Å². The van der Waals surface area contributed by atoms with E-state index < -0.39 is 10.2 Å². The van der Waals surface area contributed by atoms with Crippen LogP contribution >= 0.6 is 0 Å². The normalized spacial score (nSPS) is 27.5. The third-order valence-corrected chi connectivity index (χ3v) is 3.10. The molecule has 15 heavy (non-hydrogen) atoms. The third kappa shape index (κ3) is 1.83. The quantitative estimate of drug-likeness (QED) is 0.541. The number of hydrogen-bond donors (Lipinski definition) is 3. The zero-order valence-corrected chi connectivity index (χ0v) is 8.84. The Balaban J connectivity index is 2.45. The summed E-state index contributed by atoms with van der Waals surface area (Å²) in [6.45, 7) is 0. The van der Waals surface area contributed by atoms with Crippen molar-refractivity contribution < 1.29 is 13.2 Å². The summed E-state index contributed by atoms with van der Waals surface area (Å²) in [7, 11) is -2.03. The highest BCUT2D eigenvalue weighted by molar-refractivity contribution is 7.87. The molecule has 1 aliphatic heterocycles. The fourth-order valence-electron chi connectivity index (χ4n) is 1.43. The van der Waals surface area contributed by atoms with Crippen molar-refractivity contribution in [1.82, 2.24) is 9.44 Å². The van der Waals surface area contributed by atoms with Crippen LogP contribution in [0.25, 0.3) is 0 Å². The van der Waals surface area contributed by atoms with Gasteiger partial charge in [0.05, 0.1) is 11.8 Å². The first-order chi connectivity index (χ1) is 7.02. The minimum Gasteiger partial charge on any atom is -0.384 e. The molecular weight excluding hydrogens is 218 g/mol. The summed E-state index contributed by atoms with van der Waals surface area (Å²) in [4.78, 5) is 0. The Morgan fingerprint density at radius 2 is 2.20 bits per heavy atom. The number of rotatable bonds is 1. The van der Waals surface area contributed by atoms with Gasteiger partial charge in [0.1, 0.15) is 5.82 Å². The van der Waals surface area contributed by atoms with Gasteiger partial charge in [-0.1, -0.05) is 12.2 Å². The molecule has 0 fully saturated rings. The van der Waals surface area contributed by atoms with Crippen molar-refractivity contribution in [3.05, 3.63) is 35.3 Å². The number of methoxy groups -OCH3 is 1. The second kappa shape index (κ2) is 3.28. The standard InChI is InChI=1S/C8H11N3O3S/c1-14-5-2-3-6-7(4-5)10-15(12,13)11-8(6)9/h2-5,10-11H,9H2,1H3. The van der Waals surface area contributed by atoms with Gasteiger partial charge in [0.15, 0.2) is 0 Å². The van der Waals surface area contributed by atoms with E-state index in [4.69, 9.17) is 10.5 Å². The summed E-state index contributed by atoms with van der Waals surface area (Å²) < 4.78 is 32.1. The third-order valence-electron chi connectivity index (χ3n) is 2.12. The topological polar surface area (TPSA) is 93.4 Å². The lowest BCUT2D eigenvalue weighted by atomic mass is 10.0. The fraction of sp³-hybridized carbons (Fsp3) is 0.250. The molecule has 4 N–H and O–H groups in total.